The third kappa shape index (κ3) is 7.09. The molecule has 0 saturated carbocycles. The van der Waals surface area contributed by atoms with Crippen molar-refractivity contribution in [1.29, 1.82) is 0 Å². The normalized spacial score (nSPS) is 32.8. The molecule has 0 radical (unpaired) electrons. The van der Waals surface area contributed by atoms with Gasteiger partial charge < -0.3 is 33.5 Å². The molecule has 2 saturated heterocycles. The minimum atomic E-state index is -1.30. The van der Waals surface area contributed by atoms with Crippen LogP contribution in [0.25, 0.3) is 10.4 Å². The molecule has 42 heavy (non-hydrogen) atoms. The molecule has 1 N–H and O–H groups in total. The van der Waals surface area contributed by atoms with E-state index in [1.54, 1.807) is 44.2 Å². The molecule has 226 valence electrons. The van der Waals surface area contributed by atoms with E-state index < -0.39 is 72.9 Å². The number of methoxy groups -OCH3 is 1. The maximum atomic E-state index is 13.2. The highest BCUT2D eigenvalue weighted by molar-refractivity contribution is 5.89. The summed E-state index contributed by atoms with van der Waals surface area (Å²) >= 11 is 0. The van der Waals surface area contributed by atoms with Gasteiger partial charge >= 0.3 is 11.9 Å². The Kier molecular flexibility index (Phi) is 10.9. The molecular formula is C30H37N3O9. The van der Waals surface area contributed by atoms with Crippen LogP contribution in [0.15, 0.2) is 65.8 Å². The van der Waals surface area contributed by atoms with Crippen molar-refractivity contribution in [2.45, 2.75) is 88.9 Å². The number of carbonyl (C=O) groups excluding carboxylic acids is 2. The molecule has 0 amide bonds. The lowest BCUT2D eigenvalue weighted by molar-refractivity contribution is -0.312. The average Bonchev–Trinajstić information content (AvgIpc) is 3.02. The van der Waals surface area contributed by atoms with Gasteiger partial charge in [-0.1, -0.05) is 67.5 Å². The first kappa shape index (κ1) is 31.4. The monoisotopic (exact) mass is 583 g/mol. The summed E-state index contributed by atoms with van der Waals surface area (Å²) in [6.07, 6.45) is -7.61. The van der Waals surface area contributed by atoms with Crippen LogP contribution in [0.2, 0.25) is 0 Å². The van der Waals surface area contributed by atoms with Crippen LogP contribution >= 0.6 is 0 Å². The van der Waals surface area contributed by atoms with Crippen LogP contribution in [-0.4, -0.2) is 79.2 Å². The lowest BCUT2D eigenvalue weighted by Gasteiger charge is -2.47. The maximum absolute atomic E-state index is 13.2. The molecule has 2 aromatic rings. The van der Waals surface area contributed by atoms with Crippen molar-refractivity contribution in [3.8, 4) is 0 Å². The van der Waals surface area contributed by atoms with Crippen molar-refractivity contribution in [1.82, 2.24) is 0 Å². The van der Waals surface area contributed by atoms with Gasteiger partial charge in [-0.3, -0.25) is 0 Å². The Morgan fingerprint density at radius 3 is 2.29 bits per heavy atom. The van der Waals surface area contributed by atoms with Gasteiger partial charge in [-0.15, -0.1) is 0 Å². The molecule has 2 heterocycles. The van der Waals surface area contributed by atoms with Crippen LogP contribution < -0.4 is 0 Å². The molecule has 2 aliphatic rings. The van der Waals surface area contributed by atoms with Crippen LogP contribution in [-0.2, 0) is 39.8 Å². The Hall–Kier alpha value is -3.51. The Morgan fingerprint density at radius 1 is 1.00 bits per heavy atom. The van der Waals surface area contributed by atoms with Crippen molar-refractivity contribution in [3.63, 3.8) is 0 Å². The molecule has 2 aromatic carbocycles. The molecule has 12 heteroatoms. The third-order valence-corrected chi connectivity index (χ3v) is 7.67. The molecule has 0 aromatic heterocycles. The summed E-state index contributed by atoms with van der Waals surface area (Å²) in [4.78, 5) is 29.1. The molecule has 2 fully saturated rings. The van der Waals surface area contributed by atoms with Gasteiger partial charge in [0, 0.05) is 4.91 Å². The molecule has 0 spiro atoms. The zero-order valence-corrected chi connectivity index (χ0v) is 24.0. The third-order valence-electron chi connectivity index (χ3n) is 7.67. The first-order valence-corrected chi connectivity index (χ1v) is 14.0. The second-order valence-corrected chi connectivity index (χ2v) is 10.4. The zero-order valence-electron chi connectivity index (χ0n) is 24.0. The number of ether oxygens (including phenoxy) is 6. The van der Waals surface area contributed by atoms with Crippen LogP contribution in [0.5, 0.6) is 0 Å². The quantitative estimate of drug-likeness (QED) is 0.189. The van der Waals surface area contributed by atoms with Gasteiger partial charge in [-0.2, -0.15) is 0 Å². The van der Waals surface area contributed by atoms with Gasteiger partial charge in [0.15, 0.2) is 18.5 Å². The summed E-state index contributed by atoms with van der Waals surface area (Å²) in [6, 6.07) is 16.9. The van der Waals surface area contributed by atoms with Crippen molar-refractivity contribution in [3.05, 3.63) is 82.2 Å². The van der Waals surface area contributed by atoms with Gasteiger partial charge in [0.05, 0.1) is 43.6 Å². The van der Waals surface area contributed by atoms with E-state index in [4.69, 9.17) is 28.4 Å². The summed E-state index contributed by atoms with van der Waals surface area (Å²) in [6.45, 7) is 5.35. The van der Waals surface area contributed by atoms with Crippen LogP contribution in [0.1, 0.15) is 43.1 Å². The first-order chi connectivity index (χ1) is 20.3. The smallest absolute Gasteiger partial charge is 0.338 e. The van der Waals surface area contributed by atoms with Crippen molar-refractivity contribution < 1.29 is 43.1 Å². The van der Waals surface area contributed by atoms with Crippen molar-refractivity contribution >= 4 is 11.9 Å². The molecule has 2 aliphatic heterocycles. The predicted molar refractivity (Wildman–Crippen MR) is 149 cm³/mol. The van der Waals surface area contributed by atoms with E-state index in [0.29, 0.717) is 12.0 Å². The number of nitrogens with zero attached hydrogens (tertiary/aromatic N) is 3. The fourth-order valence-corrected chi connectivity index (χ4v) is 5.30. The van der Waals surface area contributed by atoms with E-state index in [-0.39, 0.29) is 6.61 Å². The highest BCUT2D eigenvalue weighted by Gasteiger charge is 2.54. The van der Waals surface area contributed by atoms with Crippen LogP contribution in [0.3, 0.4) is 0 Å². The number of aliphatic hydroxyl groups is 1. The van der Waals surface area contributed by atoms with E-state index in [9.17, 15) is 20.2 Å². The van der Waals surface area contributed by atoms with E-state index in [0.717, 1.165) is 5.56 Å². The van der Waals surface area contributed by atoms with Gasteiger partial charge in [0.2, 0.25) is 0 Å². The number of aliphatic hydroxyl groups excluding tert-OH is 1. The molecule has 12 nitrogen and oxygen atoms in total. The number of rotatable bonds is 10. The highest BCUT2D eigenvalue weighted by Crippen LogP contribution is 2.36. The topological polar surface area (TPSA) is 159 Å². The number of esters is 2. The highest BCUT2D eigenvalue weighted by atomic mass is 16.7. The number of hydrogen-bond acceptors (Lipinski definition) is 10. The van der Waals surface area contributed by atoms with E-state index in [1.165, 1.54) is 7.11 Å². The molecule has 0 aliphatic carbocycles. The number of hydrogen-bond donors (Lipinski definition) is 1. The number of benzene rings is 2. The molecule has 4 rings (SSSR count). The molecule has 0 bridgehead atoms. The van der Waals surface area contributed by atoms with E-state index in [1.807, 2.05) is 37.3 Å². The summed E-state index contributed by atoms with van der Waals surface area (Å²) < 4.78 is 35.9. The average molecular weight is 584 g/mol. The second-order valence-electron chi connectivity index (χ2n) is 10.4. The minimum absolute atomic E-state index is 0.101. The summed E-state index contributed by atoms with van der Waals surface area (Å²) in [5.74, 6) is -1.87. The van der Waals surface area contributed by atoms with Crippen molar-refractivity contribution in [2.24, 2.45) is 11.0 Å². The van der Waals surface area contributed by atoms with Gasteiger partial charge in [-0.05, 0) is 42.5 Å². The number of azide groups is 1. The van der Waals surface area contributed by atoms with Gasteiger partial charge in [-0.25, -0.2) is 9.59 Å². The predicted octanol–water partition coefficient (Wildman–Crippen LogP) is 3.95. The summed E-state index contributed by atoms with van der Waals surface area (Å²) in [7, 11) is 1.22. The van der Waals surface area contributed by atoms with Crippen LogP contribution in [0, 0.1) is 5.92 Å². The molecular weight excluding hydrogens is 546 g/mol. The lowest BCUT2D eigenvalue weighted by Crippen LogP contribution is -2.64. The minimum Gasteiger partial charge on any atom is -0.467 e. The Morgan fingerprint density at radius 2 is 1.67 bits per heavy atom. The SMILES string of the molecule is CCC1O[C@@H](O[C@H]2C(C(=O)OC)O[C@H](C)C(OC(=O)c3ccccc3)[C@@H]2OCc2ccccc2)[C@@H](N=[N+]=[N-])C(C)[C@@H]1O. The van der Waals surface area contributed by atoms with E-state index in [2.05, 4.69) is 10.0 Å². The molecule has 10 atom stereocenters. The fourth-order valence-electron chi connectivity index (χ4n) is 5.30. The number of carbonyl (C=O) groups is 2. The lowest BCUT2D eigenvalue weighted by atomic mass is 9.88. The standard InChI is InChI=1S/C30H37N3O9/c1-5-21-23(34)17(2)22(32-33-31)30(40-21)42-26-25(38-16-19-12-8-6-9-13-19)24(18(3)39-27(26)29(36)37-4)41-28(35)20-14-10-7-11-15-20/h6-15,17-18,21-27,30,34H,5,16H2,1-4H3/t17?,18-,21?,22+,23+,24?,25+,26-,27?,30+/m1/s1. The largest absolute Gasteiger partial charge is 0.467 e. The summed E-state index contributed by atoms with van der Waals surface area (Å²) in [5, 5.41) is 14.6. The first-order valence-electron chi connectivity index (χ1n) is 14.0. The van der Waals surface area contributed by atoms with Gasteiger partial charge in [0.25, 0.3) is 0 Å². The van der Waals surface area contributed by atoms with Gasteiger partial charge in [0.1, 0.15) is 12.2 Å². The molecule has 4 unspecified atom stereocenters. The Balaban J connectivity index is 1.72. The zero-order chi connectivity index (χ0) is 30.2. The Labute approximate surface area is 244 Å². The van der Waals surface area contributed by atoms with Crippen LogP contribution in [0.4, 0.5) is 0 Å². The second kappa shape index (κ2) is 14.6. The van der Waals surface area contributed by atoms with Crippen molar-refractivity contribution in [2.75, 3.05) is 7.11 Å². The maximum Gasteiger partial charge on any atom is 0.338 e. The van der Waals surface area contributed by atoms with E-state index >= 15 is 0 Å². The fraction of sp³-hybridized carbons (Fsp3) is 0.533. The summed E-state index contributed by atoms with van der Waals surface area (Å²) in [5.41, 5.74) is 10.4. The Bertz CT molecular complexity index is 1230.